The molecule has 0 bridgehead atoms. The normalized spacial score (nSPS) is 12.6. The number of nitrogens with zero attached hydrogens (tertiary/aromatic N) is 3. The summed E-state index contributed by atoms with van der Waals surface area (Å²) in [6.45, 7) is 2.96. The molecule has 0 amide bonds. The van der Waals surface area contributed by atoms with Crippen LogP contribution in [0.4, 0.5) is 4.39 Å². The summed E-state index contributed by atoms with van der Waals surface area (Å²) in [5.74, 6) is 1.42. The minimum atomic E-state index is -0.216. The molecule has 2 rings (SSSR count). The minimum absolute atomic E-state index is 0.0249. The summed E-state index contributed by atoms with van der Waals surface area (Å²) in [6.07, 6.45) is 3.27. The molecule has 1 unspecified atom stereocenters. The van der Waals surface area contributed by atoms with E-state index in [0.29, 0.717) is 6.42 Å². The molecule has 1 aromatic heterocycles. The summed E-state index contributed by atoms with van der Waals surface area (Å²) < 4.78 is 15.0. The Labute approximate surface area is 122 Å². The summed E-state index contributed by atoms with van der Waals surface area (Å²) in [7, 11) is 0. The fourth-order valence-corrected chi connectivity index (χ4v) is 2.79. The van der Waals surface area contributed by atoms with Crippen molar-refractivity contribution in [3.8, 4) is 0 Å². The van der Waals surface area contributed by atoms with E-state index in [1.165, 1.54) is 12.1 Å². The molecule has 0 aliphatic rings. The Hall–Kier alpha value is -1.40. The van der Waals surface area contributed by atoms with Crippen LogP contribution in [0, 0.1) is 5.82 Å². The molecule has 1 aromatic carbocycles. The molecule has 0 aliphatic carbocycles. The molecule has 1 atom stereocenters. The van der Waals surface area contributed by atoms with Gasteiger partial charge in [0, 0.05) is 29.7 Å². The first-order valence-corrected chi connectivity index (χ1v) is 7.68. The van der Waals surface area contributed by atoms with Gasteiger partial charge in [0.25, 0.3) is 0 Å². The highest BCUT2D eigenvalue weighted by molar-refractivity contribution is 7.99. The smallest absolute Gasteiger partial charge is 0.138 e. The van der Waals surface area contributed by atoms with E-state index in [1.807, 2.05) is 10.7 Å². The molecule has 0 saturated carbocycles. The molecule has 6 heteroatoms. The highest BCUT2D eigenvalue weighted by Gasteiger charge is 2.10. The SMILES string of the molecule is CCCn1ncnc1CC(N)CSc1cccc(F)c1. The number of halogens is 1. The van der Waals surface area contributed by atoms with Crippen molar-refractivity contribution in [3.63, 3.8) is 0 Å². The van der Waals surface area contributed by atoms with E-state index >= 15 is 0 Å². The third kappa shape index (κ3) is 4.31. The Kier molecular flexibility index (Phi) is 5.55. The number of aromatic nitrogens is 3. The summed E-state index contributed by atoms with van der Waals surface area (Å²) >= 11 is 1.56. The first-order chi connectivity index (χ1) is 9.69. The predicted molar refractivity (Wildman–Crippen MR) is 79.1 cm³/mol. The number of benzene rings is 1. The van der Waals surface area contributed by atoms with E-state index in [1.54, 1.807) is 24.2 Å². The lowest BCUT2D eigenvalue weighted by molar-refractivity contribution is 0.553. The quantitative estimate of drug-likeness (QED) is 0.797. The maximum atomic E-state index is 13.1. The van der Waals surface area contributed by atoms with Gasteiger partial charge in [0.1, 0.15) is 18.0 Å². The van der Waals surface area contributed by atoms with Crippen molar-refractivity contribution in [3.05, 3.63) is 42.2 Å². The van der Waals surface area contributed by atoms with Crippen molar-refractivity contribution in [2.75, 3.05) is 5.75 Å². The number of aryl methyl sites for hydroxylation is 1. The van der Waals surface area contributed by atoms with Gasteiger partial charge in [0.05, 0.1) is 0 Å². The topological polar surface area (TPSA) is 56.7 Å². The standard InChI is InChI=1S/C14H19FN4S/c1-2-6-19-14(17-10-18-19)8-12(16)9-20-13-5-3-4-11(15)7-13/h3-5,7,10,12H,2,6,8-9,16H2,1H3. The summed E-state index contributed by atoms with van der Waals surface area (Å²) in [5.41, 5.74) is 6.12. The van der Waals surface area contributed by atoms with Crippen LogP contribution in [0.15, 0.2) is 35.5 Å². The van der Waals surface area contributed by atoms with Crippen molar-refractivity contribution >= 4 is 11.8 Å². The van der Waals surface area contributed by atoms with Crippen molar-refractivity contribution in [1.82, 2.24) is 14.8 Å². The average molecular weight is 294 g/mol. The molecule has 0 fully saturated rings. The Morgan fingerprint density at radius 1 is 1.45 bits per heavy atom. The molecule has 0 aliphatic heterocycles. The molecule has 20 heavy (non-hydrogen) atoms. The van der Waals surface area contributed by atoms with Crippen LogP contribution in [-0.4, -0.2) is 26.6 Å². The van der Waals surface area contributed by atoms with Gasteiger partial charge in [-0.05, 0) is 24.6 Å². The van der Waals surface area contributed by atoms with Crippen LogP contribution in [-0.2, 0) is 13.0 Å². The van der Waals surface area contributed by atoms with Gasteiger partial charge in [0.15, 0.2) is 0 Å². The first-order valence-electron chi connectivity index (χ1n) is 6.69. The highest BCUT2D eigenvalue weighted by Crippen LogP contribution is 2.19. The van der Waals surface area contributed by atoms with E-state index in [9.17, 15) is 4.39 Å². The van der Waals surface area contributed by atoms with Crippen LogP contribution < -0.4 is 5.73 Å². The van der Waals surface area contributed by atoms with E-state index < -0.39 is 0 Å². The minimum Gasteiger partial charge on any atom is -0.327 e. The zero-order chi connectivity index (χ0) is 14.4. The van der Waals surface area contributed by atoms with Crippen molar-refractivity contribution < 1.29 is 4.39 Å². The van der Waals surface area contributed by atoms with Gasteiger partial charge >= 0.3 is 0 Å². The lowest BCUT2D eigenvalue weighted by Gasteiger charge is -2.11. The molecule has 0 radical (unpaired) electrons. The Morgan fingerprint density at radius 3 is 3.05 bits per heavy atom. The Balaban J connectivity index is 1.86. The van der Waals surface area contributed by atoms with Gasteiger partial charge in [-0.3, -0.25) is 4.68 Å². The molecule has 0 spiro atoms. The Morgan fingerprint density at radius 2 is 2.30 bits per heavy atom. The second-order valence-corrected chi connectivity index (χ2v) is 5.73. The van der Waals surface area contributed by atoms with Crippen LogP contribution in [0.25, 0.3) is 0 Å². The lowest BCUT2D eigenvalue weighted by Crippen LogP contribution is -2.27. The molecular formula is C14H19FN4S. The average Bonchev–Trinajstić information content (AvgIpc) is 2.84. The van der Waals surface area contributed by atoms with Gasteiger partial charge in [-0.25, -0.2) is 9.37 Å². The fourth-order valence-electron chi connectivity index (χ4n) is 1.90. The zero-order valence-corrected chi connectivity index (χ0v) is 12.3. The maximum absolute atomic E-state index is 13.1. The predicted octanol–water partition coefficient (Wildman–Crippen LogP) is 2.49. The van der Waals surface area contributed by atoms with Crippen LogP contribution in [0.5, 0.6) is 0 Å². The van der Waals surface area contributed by atoms with E-state index in [4.69, 9.17) is 5.73 Å². The largest absolute Gasteiger partial charge is 0.327 e. The molecule has 2 N–H and O–H groups in total. The summed E-state index contributed by atoms with van der Waals surface area (Å²) in [5, 5.41) is 4.18. The van der Waals surface area contributed by atoms with Crippen LogP contribution in [0.1, 0.15) is 19.2 Å². The molecule has 1 heterocycles. The third-order valence-corrected chi connectivity index (χ3v) is 4.02. The molecule has 0 saturated heterocycles. The van der Waals surface area contributed by atoms with Crippen LogP contribution >= 0.6 is 11.8 Å². The van der Waals surface area contributed by atoms with Gasteiger partial charge in [-0.1, -0.05) is 13.0 Å². The monoisotopic (exact) mass is 294 g/mol. The lowest BCUT2D eigenvalue weighted by atomic mass is 10.2. The van der Waals surface area contributed by atoms with Crippen LogP contribution in [0.3, 0.4) is 0 Å². The van der Waals surface area contributed by atoms with E-state index in [2.05, 4.69) is 17.0 Å². The van der Waals surface area contributed by atoms with E-state index in [0.717, 1.165) is 29.4 Å². The zero-order valence-electron chi connectivity index (χ0n) is 11.5. The van der Waals surface area contributed by atoms with E-state index in [-0.39, 0.29) is 11.9 Å². The van der Waals surface area contributed by atoms with Crippen molar-refractivity contribution in [2.24, 2.45) is 5.73 Å². The van der Waals surface area contributed by atoms with Gasteiger partial charge in [0.2, 0.25) is 0 Å². The fraction of sp³-hybridized carbons (Fsp3) is 0.429. The number of hydrogen-bond acceptors (Lipinski definition) is 4. The summed E-state index contributed by atoms with van der Waals surface area (Å²) in [4.78, 5) is 5.15. The van der Waals surface area contributed by atoms with Crippen molar-refractivity contribution in [1.29, 1.82) is 0 Å². The van der Waals surface area contributed by atoms with Crippen LogP contribution in [0.2, 0.25) is 0 Å². The number of thioether (sulfide) groups is 1. The van der Waals surface area contributed by atoms with Gasteiger partial charge in [-0.2, -0.15) is 5.10 Å². The van der Waals surface area contributed by atoms with Gasteiger partial charge < -0.3 is 5.73 Å². The summed E-state index contributed by atoms with van der Waals surface area (Å²) in [6, 6.07) is 6.54. The molecular weight excluding hydrogens is 275 g/mol. The second kappa shape index (κ2) is 7.40. The van der Waals surface area contributed by atoms with Gasteiger partial charge in [-0.15, -0.1) is 11.8 Å². The molecule has 4 nitrogen and oxygen atoms in total. The number of rotatable bonds is 7. The number of hydrogen-bond donors (Lipinski definition) is 1. The second-order valence-electron chi connectivity index (χ2n) is 4.63. The maximum Gasteiger partial charge on any atom is 0.138 e. The third-order valence-electron chi connectivity index (χ3n) is 2.84. The molecule has 2 aromatic rings. The van der Waals surface area contributed by atoms with Crippen molar-refractivity contribution in [2.45, 2.75) is 37.2 Å². The Bertz CT molecular complexity index is 543. The highest BCUT2D eigenvalue weighted by atomic mass is 32.2. The first kappa shape index (κ1) is 15.0. The number of nitrogens with two attached hydrogens (primary N) is 1. The molecule has 108 valence electrons.